The molecule has 2 aliphatic rings. The van der Waals surface area contributed by atoms with Crippen LogP contribution in [-0.4, -0.2) is 32.6 Å². The van der Waals surface area contributed by atoms with Gasteiger partial charge in [-0.25, -0.2) is 0 Å². The standard InChI is InChI=1S/C16H23NO3/c1-18-14-5-3-2-4-13(14)17-9-8-12-6-7-15-16(10-12)20-11-19-15/h6-7,10,13-14,17H,2-5,8-9,11H2,1H3/t13-,14+/m1/s1. The molecule has 1 N–H and O–H groups in total. The van der Waals surface area contributed by atoms with Gasteiger partial charge in [-0.05, 0) is 43.5 Å². The van der Waals surface area contributed by atoms with Crippen LogP contribution in [0.25, 0.3) is 0 Å². The molecule has 0 bridgehead atoms. The lowest BCUT2D eigenvalue weighted by Crippen LogP contribution is -2.43. The molecule has 1 aromatic carbocycles. The molecule has 0 radical (unpaired) electrons. The maximum Gasteiger partial charge on any atom is 0.231 e. The molecule has 1 heterocycles. The van der Waals surface area contributed by atoms with Crippen molar-refractivity contribution in [3.63, 3.8) is 0 Å². The molecular weight excluding hydrogens is 254 g/mol. The number of hydrogen-bond acceptors (Lipinski definition) is 4. The Balaban J connectivity index is 1.49. The van der Waals surface area contributed by atoms with Gasteiger partial charge in [-0.3, -0.25) is 0 Å². The van der Waals surface area contributed by atoms with E-state index in [9.17, 15) is 0 Å². The van der Waals surface area contributed by atoms with Gasteiger partial charge in [0.05, 0.1) is 6.10 Å². The normalized spacial score (nSPS) is 24.9. The van der Waals surface area contributed by atoms with Crippen molar-refractivity contribution in [1.82, 2.24) is 5.32 Å². The number of fused-ring (bicyclic) bond motifs is 1. The largest absolute Gasteiger partial charge is 0.454 e. The molecule has 1 aliphatic carbocycles. The summed E-state index contributed by atoms with van der Waals surface area (Å²) in [5, 5.41) is 3.64. The smallest absolute Gasteiger partial charge is 0.231 e. The number of rotatable bonds is 5. The minimum absolute atomic E-state index is 0.342. The van der Waals surface area contributed by atoms with E-state index in [2.05, 4.69) is 17.4 Å². The maximum atomic E-state index is 5.57. The van der Waals surface area contributed by atoms with Crippen LogP contribution in [0.4, 0.5) is 0 Å². The monoisotopic (exact) mass is 277 g/mol. The van der Waals surface area contributed by atoms with Crippen LogP contribution in [0.5, 0.6) is 11.5 Å². The molecule has 1 saturated carbocycles. The van der Waals surface area contributed by atoms with E-state index in [0.717, 1.165) is 24.5 Å². The lowest BCUT2D eigenvalue weighted by molar-refractivity contribution is 0.0421. The van der Waals surface area contributed by atoms with E-state index >= 15 is 0 Å². The maximum absolute atomic E-state index is 5.57. The lowest BCUT2D eigenvalue weighted by atomic mass is 9.92. The molecule has 3 rings (SSSR count). The Morgan fingerprint density at radius 1 is 1.20 bits per heavy atom. The van der Waals surface area contributed by atoms with Crippen LogP contribution in [0.1, 0.15) is 31.2 Å². The van der Waals surface area contributed by atoms with E-state index in [1.54, 1.807) is 0 Å². The molecule has 2 atom stereocenters. The van der Waals surface area contributed by atoms with Gasteiger partial charge in [0, 0.05) is 13.2 Å². The van der Waals surface area contributed by atoms with Crippen LogP contribution in [-0.2, 0) is 11.2 Å². The van der Waals surface area contributed by atoms with Gasteiger partial charge in [0.2, 0.25) is 6.79 Å². The second kappa shape index (κ2) is 6.46. The summed E-state index contributed by atoms with van der Waals surface area (Å²) in [6.07, 6.45) is 6.38. The Bertz CT molecular complexity index is 449. The Morgan fingerprint density at radius 3 is 2.95 bits per heavy atom. The van der Waals surface area contributed by atoms with Gasteiger partial charge in [-0.15, -0.1) is 0 Å². The predicted molar refractivity (Wildman–Crippen MR) is 77.3 cm³/mol. The van der Waals surface area contributed by atoms with Crippen molar-refractivity contribution >= 4 is 0 Å². The topological polar surface area (TPSA) is 39.7 Å². The summed E-state index contributed by atoms with van der Waals surface area (Å²) in [7, 11) is 1.82. The highest BCUT2D eigenvalue weighted by Crippen LogP contribution is 2.32. The number of benzene rings is 1. The average molecular weight is 277 g/mol. The molecule has 0 saturated heterocycles. The van der Waals surface area contributed by atoms with E-state index in [4.69, 9.17) is 14.2 Å². The van der Waals surface area contributed by atoms with Gasteiger partial charge >= 0.3 is 0 Å². The summed E-state index contributed by atoms with van der Waals surface area (Å²) in [6, 6.07) is 6.70. The summed E-state index contributed by atoms with van der Waals surface area (Å²) in [6.45, 7) is 1.32. The third-order valence-corrected chi connectivity index (χ3v) is 4.26. The van der Waals surface area contributed by atoms with E-state index in [1.807, 2.05) is 13.2 Å². The first-order valence-electron chi connectivity index (χ1n) is 7.51. The Kier molecular flexibility index (Phi) is 4.43. The molecule has 1 aromatic rings. The minimum Gasteiger partial charge on any atom is -0.454 e. The first kappa shape index (κ1) is 13.7. The van der Waals surface area contributed by atoms with Crippen LogP contribution in [0.3, 0.4) is 0 Å². The highest BCUT2D eigenvalue weighted by atomic mass is 16.7. The van der Waals surface area contributed by atoms with Crippen molar-refractivity contribution in [2.75, 3.05) is 20.4 Å². The summed E-state index contributed by atoms with van der Waals surface area (Å²) in [5.41, 5.74) is 1.28. The summed E-state index contributed by atoms with van der Waals surface area (Å²) >= 11 is 0. The van der Waals surface area contributed by atoms with Gasteiger partial charge in [0.1, 0.15) is 0 Å². The number of ether oxygens (including phenoxy) is 3. The zero-order chi connectivity index (χ0) is 13.8. The molecule has 20 heavy (non-hydrogen) atoms. The average Bonchev–Trinajstić information content (AvgIpc) is 2.95. The Hall–Kier alpha value is -1.26. The molecule has 4 nitrogen and oxygen atoms in total. The van der Waals surface area contributed by atoms with Crippen LogP contribution < -0.4 is 14.8 Å². The molecule has 0 amide bonds. The molecule has 0 aromatic heterocycles. The van der Waals surface area contributed by atoms with Crippen molar-refractivity contribution in [3.05, 3.63) is 23.8 Å². The van der Waals surface area contributed by atoms with Crippen molar-refractivity contribution < 1.29 is 14.2 Å². The molecule has 0 unspecified atom stereocenters. The van der Waals surface area contributed by atoms with Crippen LogP contribution in [0, 0.1) is 0 Å². The van der Waals surface area contributed by atoms with Crippen molar-refractivity contribution in [2.45, 2.75) is 44.2 Å². The van der Waals surface area contributed by atoms with Gasteiger partial charge in [0.25, 0.3) is 0 Å². The van der Waals surface area contributed by atoms with E-state index in [0.29, 0.717) is 18.9 Å². The van der Waals surface area contributed by atoms with E-state index in [-0.39, 0.29) is 0 Å². The molecule has 1 fully saturated rings. The van der Waals surface area contributed by atoms with Crippen molar-refractivity contribution in [3.8, 4) is 11.5 Å². The Morgan fingerprint density at radius 2 is 2.05 bits per heavy atom. The highest BCUT2D eigenvalue weighted by molar-refractivity contribution is 5.44. The fourth-order valence-corrected chi connectivity index (χ4v) is 3.11. The zero-order valence-corrected chi connectivity index (χ0v) is 12.1. The first-order valence-corrected chi connectivity index (χ1v) is 7.51. The quantitative estimate of drug-likeness (QED) is 0.897. The minimum atomic E-state index is 0.342. The predicted octanol–water partition coefficient (Wildman–Crippen LogP) is 2.51. The summed E-state index contributed by atoms with van der Waals surface area (Å²) in [4.78, 5) is 0. The second-order valence-corrected chi connectivity index (χ2v) is 5.56. The second-order valence-electron chi connectivity index (χ2n) is 5.56. The Labute approximate surface area is 120 Å². The SMILES string of the molecule is CO[C@H]1CCCC[C@H]1NCCc1ccc2c(c1)OCO2. The van der Waals surface area contributed by atoms with Crippen LogP contribution >= 0.6 is 0 Å². The van der Waals surface area contributed by atoms with Crippen molar-refractivity contribution in [2.24, 2.45) is 0 Å². The lowest BCUT2D eigenvalue weighted by Gasteiger charge is -2.31. The molecule has 1 aliphatic heterocycles. The van der Waals surface area contributed by atoms with Gasteiger partial charge in [-0.2, -0.15) is 0 Å². The fraction of sp³-hybridized carbons (Fsp3) is 0.625. The zero-order valence-electron chi connectivity index (χ0n) is 12.1. The molecule has 110 valence electrons. The molecular formula is C16H23NO3. The van der Waals surface area contributed by atoms with Crippen LogP contribution in [0.15, 0.2) is 18.2 Å². The number of nitrogens with one attached hydrogen (secondary N) is 1. The van der Waals surface area contributed by atoms with Gasteiger partial charge in [0.15, 0.2) is 11.5 Å². The third kappa shape index (κ3) is 3.07. The number of methoxy groups -OCH3 is 1. The first-order chi connectivity index (χ1) is 9.86. The van der Waals surface area contributed by atoms with Gasteiger partial charge < -0.3 is 19.5 Å². The number of hydrogen-bond donors (Lipinski definition) is 1. The third-order valence-electron chi connectivity index (χ3n) is 4.26. The van der Waals surface area contributed by atoms with Crippen LogP contribution in [0.2, 0.25) is 0 Å². The molecule has 4 heteroatoms. The van der Waals surface area contributed by atoms with E-state index in [1.165, 1.54) is 31.2 Å². The summed E-state index contributed by atoms with van der Waals surface area (Å²) in [5.74, 6) is 1.73. The highest BCUT2D eigenvalue weighted by Gasteiger charge is 2.24. The van der Waals surface area contributed by atoms with Gasteiger partial charge in [-0.1, -0.05) is 18.9 Å². The fourth-order valence-electron chi connectivity index (χ4n) is 3.11. The van der Waals surface area contributed by atoms with Crippen molar-refractivity contribution in [1.29, 1.82) is 0 Å². The molecule has 0 spiro atoms. The van der Waals surface area contributed by atoms with E-state index < -0.39 is 0 Å². The summed E-state index contributed by atoms with van der Waals surface area (Å²) < 4.78 is 16.3.